The molecule has 1 amide bonds. The lowest BCUT2D eigenvalue weighted by atomic mass is 10.0. The summed E-state index contributed by atoms with van der Waals surface area (Å²) in [6, 6.07) is 25.9. The van der Waals surface area contributed by atoms with Crippen LogP contribution in [0.1, 0.15) is 43.5 Å². The Morgan fingerprint density at radius 1 is 1.06 bits per heavy atom. The highest BCUT2D eigenvalue weighted by Crippen LogP contribution is 2.35. The van der Waals surface area contributed by atoms with Gasteiger partial charge in [-0.3, -0.25) is 4.57 Å². The number of anilines is 2. The lowest BCUT2D eigenvalue weighted by molar-refractivity contribution is -0.0197. The van der Waals surface area contributed by atoms with Crippen molar-refractivity contribution in [1.82, 2.24) is 24.4 Å². The number of nitrogen functional groups attached to an aromatic ring is 1. The summed E-state index contributed by atoms with van der Waals surface area (Å²) < 4.78 is 19.9. The van der Waals surface area contributed by atoms with Crippen molar-refractivity contribution in [3.63, 3.8) is 0 Å². The minimum atomic E-state index is -0.346. The van der Waals surface area contributed by atoms with Crippen LogP contribution in [0, 0.1) is 0 Å². The number of carbonyl (C=O) groups excluding carboxylic acids is 1. The highest BCUT2D eigenvalue weighted by molar-refractivity contribution is 5.84. The molecule has 1 fully saturated rings. The molecule has 0 saturated carbocycles. The number of aliphatic hydroxyl groups is 1. The van der Waals surface area contributed by atoms with Gasteiger partial charge >= 0.3 is 6.09 Å². The van der Waals surface area contributed by atoms with Gasteiger partial charge in [-0.2, -0.15) is 0 Å². The van der Waals surface area contributed by atoms with Crippen LogP contribution in [0.2, 0.25) is 0 Å². The Kier molecular flexibility index (Phi) is 10.6. The molecule has 5 aromatic rings. The van der Waals surface area contributed by atoms with Gasteiger partial charge < -0.3 is 35.3 Å². The maximum absolute atomic E-state index is 12.7. The second-order valence-corrected chi connectivity index (χ2v) is 11.6. The van der Waals surface area contributed by atoms with E-state index in [0.29, 0.717) is 56.2 Å². The van der Waals surface area contributed by atoms with E-state index in [4.69, 9.17) is 24.9 Å². The van der Waals surface area contributed by atoms with Gasteiger partial charge in [0.05, 0.1) is 19.3 Å². The van der Waals surface area contributed by atoms with Crippen LogP contribution in [-0.2, 0) is 22.6 Å². The summed E-state index contributed by atoms with van der Waals surface area (Å²) in [4.78, 5) is 27.7. The zero-order valence-corrected chi connectivity index (χ0v) is 27.0. The molecule has 48 heavy (non-hydrogen) atoms. The maximum atomic E-state index is 12.7. The Labute approximate surface area is 279 Å². The number of carbonyl (C=O) groups is 1. The van der Waals surface area contributed by atoms with Crippen molar-refractivity contribution in [3.05, 3.63) is 96.3 Å². The number of aromatic nitrogens is 4. The fraction of sp³-hybridized carbons (Fsp3) is 0.333. The number of hydrogen-bond acceptors (Lipinski definition) is 10. The first-order valence-corrected chi connectivity index (χ1v) is 16.3. The van der Waals surface area contributed by atoms with Crippen LogP contribution in [-0.4, -0.2) is 68.0 Å². The Bertz CT molecular complexity index is 1800. The number of nitrogens with one attached hydrogen (secondary N) is 1. The number of nitrogens with two attached hydrogens (primary N) is 1. The van der Waals surface area contributed by atoms with E-state index in [9.17, 15) is 9.90 Å². The molecule has 2 atom stereocenters. The summed E-state index contributed by atoms with van der Waals surface area (Å²) in [5, 5.41) is 13.1. The van der Waals surface area contributed by atoms with Crippen LogP contribution in [0.15, 0.2) is 85.2 Å². The molecule has 0 spiro atoms. The smallest absolute Gasteiger partial charge is 0.410 e. The lowest BCUT2D eigenvalue weighted by Crippen LogP contribution is -2.33. The van der Waals surface area contributed by atoms with E-state index in [0.717, 1.165) is 34.4 Å². The molecule has 3 heterocycles. The van der Waals surface area contributed by atoms with E-state index in [-0.39, 0.29) is 37.5 Å². The quantitative estimate of drug-likeness (QED) is 0.126. The summed E-state index contributed by atoms with van der Waals surface area (Å²) in [7, 11) is 0. The van der Waals surface area contributed by atoms with Crippen molar-refractivity contribution in [2.24, 2.45) is 0 Å². The number of ether oxygens (including phenoxy) is 3. The molecule has 1 aliphatic rings. The first-order valence-electron chi connectivity index (χ1n) is 16.3. The molecule has 0 bridgehead atoms. The average Bonchev–Trinajstić information content (AvgIpc) is 3.76. The molecule has 12 heteroatoms. The Morgan fingerprint density at radius 2 is 1.85 bits per heavy atom. The van der Waals surface area contributed by atoms with Crippen LogP contribution in [0.5, 0.6) is 5.75 Å². The van der Waals surface area contributed by atoms with E-state index in [1.165, 1.54) is 6.33 Å². The molecule has 250 valence electrons. The fourth-order valence-electron chi connectivity index (χ4n) is 5.79. The molecular formula is C36H41N7O5. The number of hydrogen-bond donors (Lipinski definition) is 3. The van der Waals surface area contributed by atoms with Gasteiger partial charge in [0.1, 0.15) is 24.9 Å². The standard InChI is InChI=1S/C36H41N7O5/c1-2-42(36(45)47-23-25-10-5-3-6-11-25)18-9-19-46-30-20-26(14-16-29(30)27-12-7-4-8-13-27)21-38-35-41-32-33(37)39-24-40-34(32)43(35)31-17-15-28(22-44)48-31/h3-8,10-14,16,20,24,28,31,44H,2,9,15,17-19,21-23H2,1H3,(H,38,41)(H2,37,39,40)/t28-,31+/m0/s1. The van der Waals surface area contributed by atoms with Crippen molar-refractivity contribution in [2.75, 3.05) is 37.4 Å². The van der Waals surface area contributed by atoms with Gasteiger partial charge in [0.2, 0.25) is 5.95 Å². The Hall–Kier alpha value is -5.20. The molecule has 4 N–H and O–H groups in total. The molecule has 3 aromatic carbocycles. The lowest BCUT2D eigenvalue weighted by Gasteiger charge is -2.21. The zero-order valence-electron chi connectivity index (χ0n) is 27.0. The predicted octanol–water partition coefficient (Wildman–Crippen LogP) is 5.79. The highest BCUT2D eigenvalue weighted by Gasteiger charge is 2.30. The van der Waals surface area contributed by atoms with Crippen molar-refractivity contribution >= 4 is 29.0 Å². The summed E-state index contributed by atoms with van der Waals surface area (Å²) in [5.74, 6) is 1.57. The molecule has 1 saturated heterocycles. The summed E-state index contributed by atoms with van der Waals surface area (Å²) in [6.07, 6.45) is 2.56. The summed E-state index contributed by atoms with van der Waals surface area (Å²) in [5.41, 5.74) is 11.1. The van der Waals surface area contributed by atoms with Crippen LogP contribution in [0.3, 0.4) is 0 Å². The van der Waals surface area contributed by atoms with E-state index >= 15 is 0 Å². The van der Waals surface area contributed by atoms with Gasteiger partial charge in [-0.25, -0.2) is 19.7 Å². The van der Waals surface area contributed by atoms with Crippen LogP contribution < -0.4 is 15.8 Å². The van der Waals surface area contributed by atoms with E-state index in [2.05, 4.69) is 39.6 Å². The Balaban J connectivity index is 1.14. The molecule has 6 rings (SSSR count). The van der Waals surface area contributed by atoms with E-state index in [1.807, 2.05) is 66.1 Å². The van der Waals surface area contributed by atoms with E-state index in [1.54, 1.807) is 4.90 Å². The number of benzene rings is 3. The van der Waals surface area contributed by atoms with Crippen molar-refractivity contribution in [2.45, 2.75) is 51.7 Å². The molecular weight excluding hydrogens is 610 g/mol. The van der Waals surface area contributed by atoms with E-state index < -0.39 is 0 Å². The van der Waals surface area contributed by atoms with Crippen LogP contribution in [0.25, 0.3) is 22.3 Å². The number of amides is 1. The highest BCUT2D eigenvalue weighted by atomic mass is 16.6. The van der Waals surface area contributed by atoms with Gasteiger partial charge in [-0.1, -0.05) is 72.8 Å². The van der Waals surface area contributed by atoms with Gasteiger partial charge in [-0.05, 0) is 48.9 Å². The molecule has 2 aromatic heterocycles. The summed E-state index contributed by atoms with van der Waals surface area (Å²) >= 11 is 0. The number of aliphatic hydroxyl groups excluding tert-OH is 1. The monoisotopic (exact) mass is 651 g/mol. The number of fused-ring (bicyclic) bond motifs is 1. The first-order chi connectivity index (χ1) is 23.5. The van der Waals surface area contributed by atoms with Crippen LogP contribution >= 0.6 is 0 Å². The third-order valence-electron chi connectivity index (χ3n) is 8.34. The molecule has 0 aliphatic carbocycles. The predicted molar refractivity (Wildman–Crippen MR) is 183 cm³/mol. The van der Waals surface area contributed by atoms with Gasteiger partial charge in [-0.15, -0.1) is 0 Å². The SMILES string of the molecule is CCN(CCCOc1cc(CNc2nc3c(N)ncnc3n2[C@H]2CC[C@@H](CO)O2)ccc1-c1ccccc1)C(=O)OCc1ccccc1. The van der Waals surface area contributed by atoms with Gasteiger partial charge in [0, 0.05) is 25.2 Å². The second-order valence-electron chi connectivity index (χ2n) is 11.6. The summed E-state index contributed by atoms with van der Waals surface area (Å²) in [6.45, 7) is 4.03. The third kappa shape index (κ3) is 7.67. The Morgan fingerprint density at radius 3 is 2.60 bits per heavy atom. The van der Waals surface area contributed by atoms with Crippen molar-refractivity contribution in [3.8, 4) is 16.9 Å². The average molecular weight is 652 g/mol. The minimum absolute atomic E-state index is 0.0472. The van der Waals surface area contributed by atoms with Gasteiger partial charge in [0.15, 0.2) is 17.0 Å². The number of imidazole rings is 1. The van der Waals surface area contributed by atoms with Crippen molar-refractivity contribution < 1.29 is 24.1 Å². The molecule has 0 radical (unpaired) electrons. The molecule has 12 nitrogen and oxygen atoms in total. The third-order valence-corrected chi connectivity index (χ3v) is 8.34. The topological polar surface area (TPSA) is 150 Å². The zero-order chi connectivity index (χ0) is 33.3. The minimum Gasteiger partial charge on any atom is -0.493 e. The molecule has 1 aliphatic heterocycles. The molecule has 0 unspecified atom stereocenters. The first kappa shape index (κ1) is 32.7. The maximum Gasteiger partial charge on any atom is 0.410 e. The normalized spacial score (nSPS) is 15.8. The van der Waals surface area contributed by atoms with Gasteiger partial charge in [0.25, 0.3) is 0 Å². The van der Waals surface area contributed by atoms with Crippen molar-refractivity contribution in [1.29, 1.82) is 0 Å². The number of rotatable bonds is 14. The van der Waals surface area contributed by atoms with Crippen LogP contribution in [0.4, 0.5) is 16.6 Å². The fourth-order valence-corrected chi connectivity index (χ4v) is 5.79. The second kappa shape index (κ2) is 15.6. The number of nitrogens with zero attached hydrogens (tertiary/aromatic N) is 5. The largest absolute Gasteiger partial charge is 0.493 e.